The first-order chi connectivity index (χ1) is 10.4. The van der Waals surface area contributed by atoms with Crippen LogP contribution in [-0.4, -0.2) is 19.3 Å². The zero-order valence-corrected chi connectivity index (χ0v) is 13.2. The van der Waals surface area contributed by atoms with Gasteiger partial charge in [0.1, 0.15) is 18.5 Å². The minimum absolute atomic E-state index is 0.324. The van der Waals surface area contributed by atoms with Crippen LogP contribution in [-0.2, 0) is 11.2 Å². The van der Waals surface area contributed by atoms with Gasteiger partial charge in [-0.3, -0.25) is 0 Å². The summed E-state index contributed by atoms with van der Waals surface area (Å²) in [5.74, 6) is 0.939. The van der Waals surface area contributed by atoms with Crippen molar-refractivity contribution in [3.05, 3.63) is 42.0 Å². The average molecular weight is 288 g/mol. The van der Waals surface area contributed by atoms with E-state index in [9.17, 15) is 0 Å². The molecule has 21 heavy (non-hydrogen) atoms. The molecule has 0 saturated carbocycles. The van der Waals surface area contributed by atoms with Gasteiger partial charge < -0.3 is 9.47 Å². The van der Waals surface area contributed by atoms with Crippen LogP contribution in [0.1, 0.15) is 51.0 Å². The smallest absolute Gasteiger partial charge is 0.119 e. The third kappa shape index (κ3) is 7.33. The zero-order valence-electron chi connectivity index (χ0n) is 13.2. The van der Waals surface area contributed by atoms with E-state index in [1.807, 2.05) is 0 Å². The Labute approximate surface area is 129 Å². The summed E-state index contributed by atoms with van der Waals surface area (Å²) in [4.78, 5) is 0. The second-order valence-corrected chi connectivity index (χ2v) is 5.79. The molecular formula is C19H28O2. The van der Waals surface area contributed by atoms with Crippen molar-refractivity contribution in [1.29, 1.82) is 0 Å². The van der Waals surface area contributed by atoms with Gasteiger partial charge in [-0.1, -0.05) is 56.9 Å². The first-order valence-corrected chi connectivity index (χ1v) is 8.37. The second kappa shape index (κ2) is 9.62. The van der Waals surface area contributed by atoms with Gasteiger partial charge in [0.25, 0.3) is 0 Å². The minimum atomic E-state index is 0.324. The van der Waals surface area contributed by atoms with Gasteiger partial charge in [0.2, 0.25) is 0 Å². The van der Waals surface area contributed by atoms with Crippen molar-refractivity contribution in [2.24, 2.45) is 0 Å². The molecule has 1 unspecified atom stereocenters. The summed E-state index contributed by atoms with van der Waals surface area (Å²) in [7, 11) is 0. The highest BCUT2D eigenvalue weighted by atomic mass is 16.6. The molecule has 0 radical (unpaired) electrons. The van der Waals surface area contributed by atoms with Gasteiger partial charge in [0.05, 0.1) is 6.61 Å². The SMILES string of the molecule is CCCCCCC/C=C/Cc1ccc(OCC2CO2)cc1. The Morgan fingerprint density at radius 3 is 2.57 bits per heavy atom. The van der Waals surface area contributed by atoms with Crippen LogP contribution < -0.4 is 4.74 Å². The number of rotatable bonds is 11. The highest BCUT2D eigenvalue weighted by molar-refractivity contribution is 5.28. The van der Waals surface area contributed by atoms with Crippen molar-refractivity contribution >= 4 is 0 Å². The lowest BCUT2D eigenvalue weighted by Crippen LogP contribution is -2.03. The van der Waals surface area contributed by atoms with Crippen LogP contribution in [0.15, 0.2) is 36.4 Å². The molecule has 0 aromatic heterocycles. The van der Waals surface area contributed by atoms with E-state index in [4.69, 9.17) is 9.47 Å². The number of hydrogen-bond donors (Lipinski definition) is 0. The van der Waals surface area contributed by atoms with Crippen LogP contribution in [0.3, 0.4) is 0 Å². The number of epoxide rings is 1. The summed E-state index contributed by atoms with van der Waals surface area (Å²) in [5, 5.41) is 0. The maximum atomic E-state index is 5.63. The summed E-state index contributed by atoms with van der Waals surface area (Å²) < 4.78 is 10.8. The van der Waals surface area contributed by atoms with Crippen LogP contribution >= 0.6 is 0 Å². The molecule has 1 heterocycles. The van der Waals surface area contributed by atoms with Gasteiger partial charge >= 0.3 is 0 Å². The summed E-state index contributed by atoms with van der Waals surface area (Å²) in [6.07, 6.45) is 13.9. The van der Waals surface area contributed by atoms with E-state index in [0.29, 0.717) is 12.7 Å². The fraction of sp³-hybridized carbons (Fsp3) is 0.579. The molecule has 2 rings (SSSR count). The number of ether oxygens (including phenoxy) is 2. The van der Waals surface area contributed by atoms with Crippen molar-refractivity contribution in [2.45, 2.75) is 58.0 Å². The standard InChI is InChI=1S/C19H28O2/c1-2-3-4-5-6-7-8-9-10-17-11-13-18(14-12-17)20-15-19-16-21-19/h8-9,11-14,19H,2-7,10,15-16H2,1H3/b9-8+. The van der Waals surface area contributed by atoms with Gasteiger partial charge in [0, 0.05) is 0 Å². The van der Waals surface area contributed by atoms with E-state index >= 15 is 0 Å². The Morgan fingerprint density at radius 1 is 1.10 bits per heavy atom. The van der Waals surface area contributed by atoms with Gasteiger partial charge in [-0.15, -0.1) is 0 Å². The molecule has 1 saturated heterocycles. The largest absolute Gasteiger partial charge is 0.491 e. The first kappa shape index (κ1) is 16.1. The summed E-state index contributed by atoms with van der Waals surface area (Å²) in [6.45, 7) is 3.79. The van der Waals surface area contributed by atoms with Crippen LogP contribution in [0.25, 0.3) is 0 Å². The van der Waals surface area contributed by atoms with E-state index in [1.54, 1.807) is 0 Å². The molecular weight excluding hydrogens is 260 g/mol. The van der Waals surface area contributed by atoms with Crippen LogP contribution in [0, 0.1) is 0 Å². The molecule has 0 spiro atoms. The third-order valence-electron chi connectivity index (χ3n) is 3.76. The Hall–Kier alpha value is -1.28. The van der Waals surface area contributed by atoms with Crippen LogP contribution in [0.4, 0.5) is 0 Å². The lowest BCUT2D eigenvalue weighted by Gasteiger charge is -2.04. The normalized spacial score (nSPS) is 17.3. The molecule has 0 N–H and O–H groups in total. The predicted octanol–water partition coefficient (Wildman–Crippen LogP) is 4.92. The van der Waals surface area contributed by atoms with Crippen molar-refractivity contribution in [3.8, 4) is 5.75 Å². The number of benzene rings is 1. The molecule has 1 aliphatic heterocycles. The molecule has 1 aromatic rings. The quantitative estimate of drug-likeness (QED) is 0.327. The van der Waals surface area contributed by atoms with E-state index < -0.39 is 0 Å². The summed E-state index contributed by atoms with van der Waals surface area (Å²) in [6, 6.07) is 8.40. The predicted molar refractivity (Wildman–Crippen MR) is 87.9 cm³/mol. The Balaban J connectivity index is 1.56. The lowest BCUT2D eigenvalue weighted by atomic mass is 10.1. The molecule has 1 fully saturated rings. The number of hydrogen-bond acceptors (Lipinski definition) is 2. The van der Waals surface area contributed by atoms with E-state index in [0.717, 1.165) is 18.8 Å². The Morgan fingerprint density at radius 2 is 1.86 bits per heavy atom. The van der Waals surface area contributed by atoms with E-state index in [-0.39, 0.29) is 0 Å². The van der Waals surface area contributed by atoms with Crippen molar-refractivity contribution in [3.63, 3.8) is 0 Å². The number of unbranched alkanes of at least 4 members (excludes halogenated alkanes) is 5. The molecule has 1 atom stereocenters. The average Bonchev–Trinajstić information content (AvgIpc) is 3.33. The lowest BCUT2D eigenvalue weighted by molar-refractivity contribution is 0.263. The molecule has 0 amide bonds. The van der Waals surface area contributed by atoms with Crippen LogP contribution in [0.2, 0.25) is 0 Å². The monoisotopic (exact) mass is 288 g/mol. The molecule has 116 valence electrons. The highest BCUT2D eigenvalue weighted by Crippen LogP contribution is 2.16. The number of allylic oxidation sites excluding steroid dienone is 2. The Bertz CT molecular complexity index is 404. The fourth-order valence-electron chi connectivity index (χ4n) is 2.28. The molecule has 2 nitrogen and oxygen atoms in total. The Kier molecular flexibility index (Phi) is 7.37. The van der Waals surface area contributed by atoms with Crippen molar-refractivity contribution < 1.29 is 9.47 Å². The second-order valence-electron chi connectivity index (χ2n) is 5.79. The topological polar surface area (TPSA) is 21.8 Å². The zero-order chi connectivity index (χ0) is 14.8. The fourth-order valence-corrected chi connectivity index (χ4v) is 2.28. The van der Waals surface area contributed by atoms with Crippen molar-refractivity contribution in [1.82, 2.24) is 0 Å². The molecule has 0 aliphatic carbocycles. The maximum absolute atomic E-state index is 5.63. The minimum Gasteiger partial charge on any atom is -0.491 e. The van der Waals surface area contributed by atoms with Crippen LogP contribution in [0.5, 0.6) is 5.75 Å². The van der Waals surface area contributed by atoms with Gasteiger partial charge in [0.15, 0.2) is 0 Å². The van der Waals surface area contributed by atoms with E-state index in [1.165, 1.54) is 44.1 Å². The summed E-state index contributed by atoms with van der Waals surface area (Å²) >= 11 is 0. The van der Waals surface area contributed by atoms with Gasteiger partial charge in [-0.25, -0.2) is 0 Å². The van der Waals surface area contributed by atoms with E-state index in [2.05, 4.69) is 43.3 Å². The first-order valence-electron chi connectivity index (χ1n) is 8.37. The molecule has 2 heteroatoms. The highest BCUT2D eigenvalue weighted by Gasteiger charge is 2.22. The maximum Gasteiger partial charge on any atom is 0.119 e. The molecule has 1 aromatic carbocycles. The van der Waals surface area contributed by atoms with Crippen molar-refractivity contribution in [2.75, 3.05) is 13.2 Å². The summed E-state index contributed by atoms with van der Waals surface area (Å²) in [5.41, 5.74) is 1.34. The molecule has 1 aliphatic rings. The van der Waals surface area contributed by atoms with Gasteiger partial charge in [-0.05, 0) is 37.0 Å². The third-order valence-corrected chi connectivity index (χ3v) is 3.76. The molecule has 0 bridgehead atoms. The van der Waals surface area contributed by atoms with Gasteiger partial charge in [-0.2, -0.15) is 0 Å².